The second kappa shape index (κ2) is 8.01. The number of hydrogen-bond acceptors (Lipinski definition) is 4. The lowest BCUT2D eigenvalue weighted by Crippen LogP contribution is -2.32. The second-order valence-corrected chi connectivity index (χ2v) is 5.81. The van der Waals surface area contributed by atoms with Crippen molar-refractivity contribution >= 4 is 17.4 Å². The van der Waals surface area contributed by atoms with E-state index < -0.39 is 0 Å². The summed E-state index contributed by atoms with van der Waals surface area (Å²) in [5.74, 6) is 1.79. The number of rotatable bonds is 7. The predicted molar refractivity (Wildman–Crippen MR) is 91.8 cm³/mol. The molecule has 0 saturated heterocycles. The van der Waals surface area contributed by atoms with Crippen molar-refractivity contribution in [2.75, 3.05) is 39.2 Å². The molecule has 22 heavy (non-hydrogen) atoms. The molecule has 0 aliphatic rings. The summed E-state index contributed by atoms with van der Waals surface area (Å²) in [4.78, 5) is 8.85. The Morgan fingerprint density at radius 3 is 2.59 bits per heavy atom. The van der Waals surface area contributed by atoms with Crippen LogP contribution in [0.4, 0.5) is 5.82 Å². The van der Waals surface area contributed by atoms with Crippen LogP contribution in [-0.4, -0.2) is 44.2 Å². The Kier molecular flexibility index (Phi) is 6.04. The van der Waals surface area contributed by atoms with Crippen LogP contribution in [0.5, 0.6) is 5.75 Å². The number of likely N-dealkylation sites (N-methyl/N-ethyl adjacent to an activating group) is 1. The molecule has 0 saturated carbocycles. The van der Waals surface area contributed by atoms with E-state index in [4.69, 9.17) is 16.3 Å². The molecule has 1 aromatic heterocycles. The average molecular weight is 320 g/mol. The molecule has 0 fully saturated rings. The average Bonchev–Trinajstić information content (AvgIpc) is 2.52. The number of nitrogens with zero attached hydrogens (tertiary/aromatic N) is 3. The Bertz CT molecular complexity index is 590. The van der Waals surface area contributed by atoms with Gasteiger partial charge in [-0.05, 0) is 44.4 Å². The summed E-state index contributed by atoms with van der Waals surface area (Å²) in [6.07, 6.45) is 1.81. The third-order valence-electron chi connectivity index (χ3n) is 3.39. The van der Waals surface area contributed by atoms with Crippen molar-refractivity contribution in [2.24, 2.45) is 0 Å². The zero-order valence-electron chi connectivity index (χ0n) is 13.3. The smallest absolute Gasteiger partial charge is 0.128 e. The van der Waals surface area contributed by atoms with Crippen LogP contribution in [0, 0.1) is 0 Å². The topological polar surface area (TPSA) is 28.6 Å². The lowest BCUT2D eigenvalue weighted by molar-refractivity contribution is 0.402. The molecule has 0 amide bonds. The first-order valence-corrected chi connectivity index (χ1v) is 7.61. The number of anilines is 1. The van der Waals surface area contributed by atoms with Crippen molar-refractivity contribution in [2.45, 2.75) is 6.54 Å². The minimum absolute atomic E-state index is 0.703. The van der Waals surface area contributed by atoms with Crippen LogP contribution < -0.4 is 9.64 Å². The molecule has 1 heterocycles. The van der Waals surface area contributed by atoms with Crippen molar-refractivity contribution in [3.63, 3.8) is 0 Å². The first-order chi connectivity index (χ1) is 10.6. The van der Waals surface area contributed by atoms with Gasteiger partial charge >= 0.3 is 0 Å². The van der Waals surface area contributed by atoms with Gasteiger partial charge in [-0.15, -0.1) is 0 Å². The lowest BCUT2D eigenvalue weighted by atomic mass is 10.2. The zero-order valence-corrected chi connectivity index (χ0v) is 14.0. The molecule has 0 bridgehead atoms. The van der Waals surface area contributed by atoms with Crippen molar-refractivity contribution in [1.82, 2.24) is 9.88 Å². The normalized spacial score (nSPS) is 10.8. The van der Waals surface area contributed by atoms with E-state index >= 15 is 0 Å². The maximum Gasteiger partial charge on any atom is 0.128 e. The van der Waals surface area contributed by atoms with E-state index in [-0.39, 0.29) is 0 Å². The van der Waals surface area contributed by atoms with Crippen molar-refractivity contribution in [1.29, 1.82) is 0 Å². The summed E-state index contributed by atoms with van der Waals surface area (Å²) in [6, 6.07) is 11.6. The van der Waals surface area contributed by atoms with Gasteiger partial charge in [-0.1, -0.05) is 17.7 Å². The Balaban J connectivity index is 2.24. The lowest BCUT2D eigenvalue weighted by Gasteiger charge is -2.26. The van der Waals surface area contributed by atoms with E-state index in [0.29, 0.717) is 11.6 Å². The number of pyridine rings is 1. The van der Waals surface area contributed by atoms with E-state index in [0.717, 1.165) is 30.2 Å². The molecule has 0 N–H and O–H groups in total. The van der Waals surface area contributed by atoms with Gasteiger partial charge in [-0.3, -0.25) is 0 Å². The number of halogens is 1. The minimum Gasteiger partial charge on any atom is -0.496 e. The Labute approximate surface area is 137 Å². The summed E-state index contributed by atoms with van der Waals surface area (Å²) in [7, 11) is 5.81. The highest BCUT2D eigenvalue weighted by molar-refractivity contribution is 6.30. The van der Waals surface area contributed by atoms with E-state index in [1.165, 1.54) is 0 Å². The highest BCUT2D eigenvalue weighted by Crippen LogP contribution is 2.25. The molecule has 4 nitrogen and oxygen atoms in total. The van der Waals surface area contributed by atoms with Crippen molar-refractivity contribution in [3.05, 3.63) is 53.2 Å². The van der Waals surface area contributed by atoms with Crippen molar-refractivity contribution < 1.29 is 4.74 Å². The molecule has 0 aliphatic heterocycles. The summed E-state index contributed by atoms with van der Waals surface area (Å²) in [6.45, 7) is 2.52. The molecule has 0 unspecified atom stereocenters. The largest absolute Gasteiger partial charge is 0.496 e. The standard InChI is InChI=1S/C17H22ClN3O/c1-20(2)10-11-21(17-6-4-5-9-19-17)13-14-12-15(18)7-8-16(14)22-3/h4-9,12H,10-11,13H2,1-3H3. The predicted octanol–water partition coefficient (Wildman–Crippen LogP) is 3.31. The van der Waals surface area contributed by atoms with Crippen LogP contribution in [0.15, 0.2) is 42.6 Å². The molecule has 5 heteroatoms. The summed E-state index contributed by atoms with van der Waals surface area (Å²) >= 11 is 6.13. The van der Waals surface area contributed by atoms with Gasteiger partial charge in [0.25, 0.3) is 0 Å². The molecule has 0 aliphatic carbocycles. The number of ether oxygens (including phenoxy) is 1. The van der Waals surface area contributed by atoms with Crippen LogP contribution in [0.2, 0.25) is 5.02 Å². The maximum atomic E-state index is 6.13. The quantitative estimate of drug-likeness (QED) is 0.783. The Morgan fingerprint density at radius 2 is 1.95 bits per heavy atom. The molecule has 0 radical (unpaired) electrons. The van der Waals surface area contributed by atoms with Crippen molar-refractivity contribution in [3.8, 4) is 5.75 Å². The summed E-state index contributed by atoms with van der Waals surface area (Å²) < 4.78 is 5.45. The van der Waals surface area contributed by atoms with E-state index in [2.05, 4.69) is 28.9 Å². The van der Waals surface area contributed by atoms with Gasteiger partial charge in [0, 0.05) is 36.4 Å². The second-order valence-electron chi connectivity index (χ2n) is 5.37. The Morgan fingerprint density at radius 1 is 1.14 bits per heavy atom. The molecule has 2 aromatic rings. The van der Waals surface area contributed by atoms with Crippen LogP contribution in [0.1, 0.15) is 5.56 Å². The first kappa shape index (κ1) is 16.6. The van der Waals surface area contributed by atoms with Gasteiger partial charge in [0.2, 0.25) is 0 Å². The van der Waals surface area contributed by atoms with Crippen LogP contribution >= 0.6 is 11.6 Å². The van der Waals surface area contributed by atoms with Gasteiger partial charge in [0.05, 0.1) is 7.11 Å². The number of aromatic nitrogens is 1. The highest BCUT2D eigenvalue weighted by Gasteiger charge is 2.12. The van der Waals surface area contributed by atoms with Gasteiger partial charge in [-0.25, -0.2) is 4.98 Å². The molecular formula is C17H22ClN3O. The fourth-order valence-corrected chi connectivity index (χ4v) is 2.41. The highest BCUT2D eigenvalue weighted by atomic mass is 35.5. The maximum absolute atomic E-state index is 6.13. The van der Waals surface area contributed by atoms with E-state index in [1.54, 1.807) is 7.11 Å². The number of hydrogen-bond donors (Lipinski definition) is 0. The SMILES string of the molecule is COc1ccc(Cl)cc1CN(CCN(C)C)c1ccccn1. The molecular weight excluding hydrogens is 298 g/mol. The third-order valence-corrected chi connectivity index (χ3v) is 3.63. The summed E-state index contributed by atoms with van der Waals surface area (Å²) in [5.41, 5.74) is 1.06. The molecule has 0 spiro atoms. The fraction of sp³-hybridized carbons (Fsp3) is 0.353. The number of benzene rings is 1. The third kappa shape index (κ3) is 4.61. The fourth-order valence-electron chi connectivity index (χ4n) is 2.21. The number of methoxy groups -OCH3 is 1. The monoisotopic (exact) mass is 319 g/mol. The van der Waals surface area contributed by atoms with Gasteiger partial charge in [0.1, 0.15) is 11.6 Å². The minimum atomic E-state index is 0.703. The van der Waals surface area contributed by atoms with Gasteiger partial charge < -0.3 is 14.5 Å². The zero-order chi connectivity index (χ0) is 15.9. The first-order valence-electron chi connectivity index (χ1n) is 7.23. The Hall–Kier alpha value is -1.78. The van der Waals surface area contributed by atoms with Crippen LogP contribution in [0.25, 0.3) is 0 Å². The van der Waals surface area contributed by atoms with E-state index in [9.17, 15) is 0 Å². The van der Waals surface area contributed by atoms with E-state index in [1.807, 2.05) is 42.6 Å². The molecule has 0 atom stereocenters. The van der Waals surface area contributed by atoms with Gasteiger partial charge in [-0.2, -0.15) is 0 Å². The van der Waals surface area contributed by atoms with Gasteiger partial charge in [0.15, 0.2) is 0 Å². The summed E-state index contributed by atoms with van der Waals surface area (Å²) in [5, 5.41) is 0.712. The van der Waals surface area contributed by atoms with Crippen LogP contribution in [0.3, 0.4) is 0 Å². The van der Waals surface area contributed by atoms with Crippen LogP contribution in [-0.2, 0) is 6.54 Å². The molecule has 2 rings (SSSR count). The molecule has 118 valence electrons. The molecule has 1 aromatic carbocycles.